The summed E-state index contributed by atoms with van der Waals surface area (Å²) in [6.45, 7) is 5.68. The molecule has 0 aromatic carbocycles. The molecule has 0 saturated carbocycles. The van der Waals surface area contributed by atoms with Crippen molar-refractivity contribution in [3.05, 3.63) is 0 Å². The zero-order chi connectivity index (χ0) is 12.8. The molecule has 2 amide bonds. The molecule has 18 heavy (non-hydrogen) atoms. The van der Waals surface area contributed by atoms with Crippen LogP contribution in [0.25, 0.3) is 0 Å². The maximum atomic E-state index is 12.0. The fraction of sp³-hybridized carbons (Fsp3) is 0.833. The summed E-state index contributed by atoms with van der Waals surface area (Å²) in [5, 5.41) is 5.99. The average Bonchev–Trinajstić information content (AvgIpc) is 2.28. The standard InChI is InChI=1S/C12H23N3O2.ClH/c1-9(2)14-11(16)8-15(3)12(17)10-5-4-6-13-7-10;/h9-10,13H,4-8H2,1-3H3,(H,14,16);1H/t10-;/m1./s1. The third-order valence-corrected chi connectivity index (χ3v) is 2.85. The van der Waals surface area contributed by atoms with Crippen LogP contribution in [-0.2, 0) is 9.59 Å². The van der Waals surface area contributed by atoms with Crippen LogP contribution in [-0.4, -0.2) is 49.4 Å². The van der Waals surface area contributed by atoms with E-state index in [0.29, 0.717) is 0 Å². The number of halogens is 1. The third-order valence-electron chi connectivity index (χ3n) is 2.85. The second kappa shape index (κ2) is 8.32. The molecule has 0 aromatic heterocycles. The Morgan fingerprint density at radius 1 is 1.44 bits per heavy atom. The van der Waals surface area contributed by atoms with Crippen molar-refractivity contribution < 1.29 is 9.59 Å². The molecule has 0 unspecified atom stereocenters. The van der Waals surface area contributed by atoms with E-state index in [-0.39, 0.29) is 42.7 Å². The van der Waals surface area contributed by atoms with Crippen molar-refractivity contribution in [2.75, 3.05) is 26.7 Å². The monoisotopic (exact) mass is 277 g/mol. The van der Waals surface area contributed by atoms with Gasteiger partial charge < -0.3 is 15.5 Å². The molecular weight excluding hydrogens is 254 g/mol. The lowest BCUT2D eigenvalue weighted by Gasteiger charge is -2.26. The predicted molar refractivity (Wildman–Crippen MR) is 73.8 cm³/mol. The Morgan fingerprint density at radius 3 is 2.61 bits per heavy atom. The number of nitrogens with one attached hydrogen (secondary N) is 2. The Bertz CT molecular complexity index is 278. The van der Waals surface area contributed by atoms with Crippen molar-refractivity contribution in [1.82, 2.24) is 15.5 Å². The van der Waals surface area contributed by atoms with Gasteiger partial charge in [-0.1, -0.05) is 0 Å². The van der Waals surface area contributed by atoms with Gasteiger partial charge in [-0.05, 0) is 33.2 Å². The normalized spacial score (nSPS) is 19.0. The maximum absolute atomic E-state index is 12.0. The summed E-state index contributed by atoms with van der Waals surface area (Å²) < 4.78 is 0. The topological polar surface area (TPSA) is 61.4 Å². The van der Waals surface area contributed by atoms with Gasteiger partial charge >= 0.3 is 0 Å². The molecule has 6 heteroatoms. The zero-order valence-corrected chi connectivity index (χ0v) is 12.2. The van der Waals surface area contributed by atoms with Crippen molar-refractivity contribution in [1.29, 1.82) is 0 Å². The molecule has 0 aliphatic carbocycles. The first-order chi connectivity index (χ1) is 8.00. The van der Waals surface area contributed by atoms with Gasteiger partial charge in [-0.2, -0.15) is 0 Å². The summed E-state index contributed by atoms with van der Waals surface area (Å²) in [4.78, 5) is 25.1. The van der Waals surface area contributed by atoms with E-state index in [9.17, 15) is 9.59 Å². The van der Waals surface area contributed by atoms with Crippen LogP contribution in [0.5, 0.6) is 0 Å². The number of carbonyl (C=O) groups is 2. The first kappa shape index (κ1) is 17.2. The van der Waals surface area contributed by atoms with Gasteiger partial charge in [-0.15, -0.1) is 12.4 Å². The average molecular weight is 278 g/mol. The lowest BCUT2D eigenvalue weighted by atomic mass is 9.98. The van der Waals surface area contributed by atoms with Gasteiger partial charge in [-0.25, -0.2) is 0 Å². The molecule has 1 fully saturated rings. The van der Waals surface area contributed by atoms with E-state index in [0.717, 1.165) is 25.9 Å². The van der Waals surface area contributed by atoms with E-state index in [1.54, 1.807) is 7.05 Å². The fourth-order valence-corrected chi connectivity index (χ4v) is 2.04. The summed E-state index contributed by atoms with van der Waals surface area (Å²) in [5.74, 6) is -0.00340. The Balaban J connectivity index is 0.00000289. The highest BCUT2D eigenvalue weighted by atomic mass is 35.5. The Morgan fingerprint density at radius 2 is 2.11 bits per heavy atom. The lowest BCUT2D eigenvalue weighted by Crippen LogP contribution is -2.46. The van der Waals surface area contributed by atoms with Gasteiger partial charge in [0.2, 0.25) is 11.8 Å². The molecule has 106 valence electrons. The number of hydrogen-bond acceptors (Lipinski definition) is 3. The summed E-state index contributed by atoms with van der Waals surface area (Å²) >= 11 is 0. The zero-order valence-electron chi connectivity index (χ0n) is 11.4. The fourth-order valence-electron chi connectivity index (χ4n) is 2.04. The van der Waals surface area contributed by atoms with Gasteiger partial charge in [0, 0.05) is 19.6 Å². The quantitative estimate of drug-likeness (QED) is 0.782. The molecule has 5 nitrogen and oxygen atoms in total. The molecule has 1 rings (SSSR count). The van der Waals surface area contributed by atoms with Crippen LogP contribution in [0.15, 0.2) is 0 Å². The molecule has 1 aliphatic rings. The molecule has 1 atom stereocenters. The number of carbonyl (C=O) groups excluding carboxylic acids is 2. The van der Waals surface area contributed by atoms with Crippen LogP contribution in [0.4, 0.5) is 0 Å². The summed E-state index contributed by atoms with van der Waals surface area (Å²) in [5.41, 5.74) is 0. The molecule has 1 heterocycles. The number of amides is 2. The van der Waals surface area contributed by atoms with E-state index in [4.69, 9.17) is 0 Å². The van der Waals surface area contributed by atoms with Gasteiger partial charge in [0.05, 0.1) is 12.5 Å². The third kappa shape index (κ3) is 5.69. The van der Waals surface area contributed by atoms with Crippen molar-refractivity contribution >= 4 is 24.2 Å². The summed E-state index contributed by atoms with van der Waals surface area (Å²) in [6, 6.07) is 0.113. The van der Waals surface area contributed by atoms with Crippen molar-refractivity contribution in [3.8, 4) is 0 Å². The predicted octanol–water partition coefficient (Wildman–Crippen LogP) is 0.391. The van der Waals surface area contributed by atoms with E-state index in [2.05, 4.69) is 10.6 Å². The van der Waals surface area contributed by atoms with Gasteiger partial charge in [-0.3, -0.25) is 9.59 Å². The molecule has 0 radical (unpaired) electrons. The van der Waals surface area contributed by atoms with Crippen LogP contribution in [0.2, 0.25) is 0 Å². The van der Waals surface area contributed by atoms with Crippen LogP contribution >= 0.6 is 12.4 Å². The number of rotatable bonds is 4. The molecule has 1 saturated heterocycles. The van der Waals surface area contributed by atoms with E-state index in [1.807, 2.05) is 13.8 Å². The lowest BCUT2D eigenvalue weighted by molar-refractivity contribution is -0.138. The summed E-state index contributed by atoms with van der Waals surface area (Å²) in [6.07, 6.45) is 1.95. The van der Waals surface area contributed by atoms with Crippen LogP contribution in [0.1, 0.15) is 26.7 Å². The van der Waals surface area contributed by atoms with Gasteiger partial charge in [0.25, 0.3) is 0 Å². The highest BCUT2D eigenvalue weighted by molar-refractivity contribution is 5.86. The number of nitrogens with zero attached hydrogens (tertiary/aromatic N) is 1. The number of piperidine rings is 1. The van der Waals surface area contributed by atoms with Crippen molar-refractivity contribution in [2.24, 2.45) is 5.92 Å². The second-order valence-corrected chi connectivity index (χ2v) is 4.96. The Labute approximate surface area is 115 Å². The van der Waals surface area contributed by atoms with Crippen LogP contribution in [0.3, 0.4) is 0 Å². The second-order valence-electron chi connectivity index (χ2n) is 4.96. The van der Waals surface area contributed by atoms with E-state index < -0.39 is 0 Å². The van der Waals surface area contributed by atoms with Crippen molar-refractivity contribution in [3.63, 3.8) is 0 Å². The largest absolute Gasteiger partial charge is 0.352 e. The first-order valence-electron chi connectivity index (χ1n) is 6.25. The molecule has 0 bridgehead atoms. The molecular formula is C12H24ClN3O2. The Kier molecular flexibility index (Phi) is 7.95. The Hall–Kier alpha value is -0.810. The smallest absolute Gasteiger partial charge is 0.239 e. The van der Waals surface area contributed by atoms with E-state index in [1.165, 1.54) is 4.90 Å². The van der Waals surface area contributed by atoms with Gasteiger partial charge in [0.15, 0.2) is 0 Å². The van der Waals surface area contributed by atoms with Crippen molar-refractivity contribution in [2.45, 2.75) is 32.7 Å². The number of likely N-dealkylation sites (N-methyl/N-ethyl adjacent to an activating group) is 1. The first-order valence-corrected chi connectivity index (χ1v) is 6.25. The molecule has 0 spiro atoms. The van der Waals surface area contributed by atoms with Crippen LogP contribution < -0.4 is 10.6 Å². The minimum Gasteiger partial charge on any atom is -0.352 e. The molecule has 2 N–H and O–H groups in total. The molecule has 0 aromatic rings. The number of hydrogen-bond donors (Lipinski definition) is 2. The van der Waals surface area contributed by atoms with Crippen LogP contribution in [0, 0.1) is 5.92 Å². The highest BCUT2D eigenvalue weighted by Crippen LogP contribution is 2.12. The minimum atomic E-state index is -0.0976. The van der Waals surface area contributed by atoms with E-state index >= 15 is 0 Å². The summed E-state index contributed by atoms with van der Waals surface area (Å²) in [7, 11) is 1.69. The minimum absolute atomic E-state index is 0. The van der Waals surface area contributed by atoms with Gasteiger partial charge in [0.1, 0.15) is 0 Å². The highest BCUT2D eigenvalue weighted by Gasteiger charge is 2.24. The SMILES string of the molecule is CC(C)NC(=O)CN(C)C(=O)[C@@H]1CCCNC1.Cl. The molecule has 1 aliphatic heterocycles. The maximum Gasteiger partial charge on any atom is 0.239 e.